The molecule has 2 aromatic rings. The fourth-order valence-corrected chi connectivity index (χ4v) is 4.41. The summed E-state index contributed by atoms with van der Waals surface area (Å²) >= 11 is 18.0. The van der Waals surface area contributed by atoms with Crippen LogP contribution in [0, 0.1) is 5.92 Å². The highest BCUT2D eigenvalue weighted by molar-refractivity contribution is 7.91. The van der Waals surface area contributed by atoms with Crippen molar-refractivity contribution in [2.45, 2.75) is 36.5 Å². The lowest BCUT2D eigenvalue weighted by molar-refractivity contribution is 0.256. The monoisotopic (exact) mass is 464 g/mol. The minimum Gasteiger partial charge on any atom is -0.493 e. The molecule has 0 bridgehead atoms. The molecule has 0 aromatic heterocycles. The quantitative estimate of drug-likeness (QED) is 0.307. The third kappa shape index (κ3) is 5.93. The van der Waals surface area contributed by atoms with Crippen molar-refractivity contribution in [2.75, 3.05) is 19.1 Å². The number of ether oxygens (including phenoxy) is 2. The molecule has 0 spiro atoms. The van der Waals surface area contributed by atoms with E-state index in [4.69, 9.17) is 44.3 Å². The maximum atomic E-state index is 12.9. The molecule has 0 unspecified atom stereocenters. The number of hydrogen-bond acceptors (Lipinski definition) is 4. The number of hydrogen-bond donors (Lipinski definition) is 0. The maximum absolute atomic E-state index is 12.9. The molecule has 2 rings (SSSR count). The summed E-state index contributed by atoms with van der Waals surface area (Å²) in [6.07, 6.45) is 1.64. The molecule has 2 aromatic carbocycles. The van der Waals surface area contributed by atoms with Gasteiger partial charge in [0.1, 0.15) is 5.75 Å². The molecule has 0 amide bonds. The lowest BCUT2D eigenvalue weighted by Crippen LogP contribution is -2.07. The van der Waals surface area contributed by atoms with Gasteiger partial charge in [-0.3, -0.25) is 0 Å². The molecule has 0 N–H and O–H groups in total. The van der Waals surface area contributed by atoms with Crippen molar-refractivity contribution >= 4 is 44.6 Å². The molecule has 4 nitrogen and oxygen atoms in total. The van der Waals surface area contributed by atoms with Gasteiger partial charge in [0, 0.05) is 5.88 Å². The van der Waals surface area contributed by atoms with Crippen molar-refractivity contribution in [3.05, 3.63) is 46.4 Å². The average Bonchev–Trinajstić information content (AvgIpc) is 2.68. The fraction of sp³-hybridized carbons (Fsp3) is 0.400. The summed E-state index contributed by atoms with van der Waals surface area (Å²) in [4.78, 5) is 0.131. The van der Waals surface area contributed by atoms with Gasteiger partial charge in [-0.05, 0) is 48.7 Å². The highest BCUT2D eigenvalue weighted by Gasteiger charge is 2.21. The molecular weight excluding hydrogens is 443 g/mol. The van der Waals surface area contributed by atoms with E-state index < -0.39 is 9.84 Å². The van der Waals surface area contributed by atoms with Crippen molar-refractivity contribution in [1.29, 1.82) is 0 Å². The highest BCUT2D eigenvalue weighted by atomic mass is 35.5. The Kier molecular flexibility index (Phi) is 8.75. The van der Waals surface area contributed by atoms with Crippen molar-refractivity contribution in [1.82, 2.24) is 0 Å². The number of benzene rings is 2. The number of alkyl halides is 1. The van der Waals surface area contributed by atoms with Gasteiger partial charge in [-0.15, -0.1) is 11.6 Å². The molecule has 0 aliphatic rings. The summed E-state index contributed by atoms with van der Waals surface area (Å²) in [7, 11) is -3.78. The van der Waals surface area contributed by atoms with Gasteiger partial charge in [0.25, 0.3) is 0 Å². The van der Waals surface area contributed by atoms with Crippen LogP contribution in [-0.2, 0) is 9.84 Å². The van der Waals surface area contributed by atoms with E-state index in [9.17, 15) is 8.42 Å². The zero-order valence-electron chi connectivity index (χ0n) is 15.8. The molecule has 154 valence electrons. The molecule has 1 atom stereocenters. The summed E-state index contributed by atoms with van der Waals surface area (Å²) in [5.41, 5.74) is 0. The Hall–Kier alpha value is -1.14. The van der Waals surface area contributed by atoms with Crippen LogP contribution in [0.25, 0.3) is 0 Å². The van der Waals surface area contributed by atoms with Crippen molar-refractivity contribution < 1.29 is 17.9 Å². The lowest BCUT2D eigenvalue weighted by Gasteiger charge is -2.13. The normalized spacial score (nSPS) is 12.6. The van der Waals surface area contributed by atoms with E-state index in [1.807, 2.05) is 0 Å². The Morgan fingerprint density at radius 2 is 1.61 bits per heavy atom. The van der Waals surface area contributed by atoms with Crippen LogP contribution in [0.3, 0.4) is 0 Å². The first-order valence-electron chi connectivity index (χ1n) is 8.95. The third-order valence-corrected chi connectivity index (χ3v) is 6.75. The molecule has 8 heteroatoms. The van der Waals surface area contributed by atoms with Crippen LogP contribution < -0.4 is 9.47 Å². The predicted molar refractivity (Wildman–Crippen MR) is 114 cm³/mol. The Labute approximate surface area is 181 Å². The molecule has 28 heavy (non-hydrogen) atoms. The Balaban J connectivity index is 2.22. The lowest BCUT2D eigenvalue weighted by atomic mass is 10.1. The first kappa shape index (κ1) is 23.1. The van der Waals surface area contributed by atoms with E-state index in [0.29, 0.717) is 37.2 Å². The number of sulfone groups is 1. The summed E-state index contributed by atoms with van der Waals surface area (Å²) < 4.78 is 37.0. The summed E-state index contributed by atoms with van der Waals surface area (Å²) in [5, 5.41) is 0.267. The SMILES string of the molecule is CC[C@@H](C)COc1ccc(S(=O)(=O)c2cc(Cl)c(OCCCCl)c(Cl)c2)cc1. The molecule has 0 radical (unpaired) electrons. The summed E-state index contributed by atoms with van der Waals surface area (Å²) in [6.45, 7) is 5.11. The topological polar surface area (TPSA) is 52.6 Å². The van der Waals surface area contributed by atoms with Crippen molar-refractivity contribution in [2.24, 2.45) is 5.92 Å². The van der Waals surface area contributed by atoms with Crippen LogP contribution in [-0.4, -0.2) is 27.5 Å². The Morgan fingerprint density at radius 3 is 2.14 bits per heavy atom. The first-order chi connectivity index (χ1) is 13.3. The fourth-order valence-electron chi connectivity index (χ4n) is 2.27. The molecule has 0 aliphatic heterocycles. The van der Waals surface area contributed by atoms with Crippen LogP contribution in [0.15, 0.2) is 46.2 Å². The molecule has 0 heterocycles. The van der Waals surface area contributed by atoms with Crippen LogP contribution in [0.5, 0.6) is 11.5 Å². The van der Waals surface area contributed by atoms with Gasteiger partial charge in [-0.1, -0.05) is 43.5 Å². The molecule has 0 aliphatic carbocycles. The predicted octanol–water partition coefficient (Wildman–Crippen LogP) is 6.26. The van der Waals surface area contributed by atoms with E-state index in [2.05, 4.69) is 13.8 Å². The standard InChI is InChI=1S/C20H23Cl3O4S/c1-3-14(2)13-27-15-5-7-16(8-6-15)28(24,25)17-11-18(22)20(19(23)12-17)26-10-4-9-21/h5-8,11-12,14H,3-4,9-10,13H2,1-2H3/t14-/m1/s1. The zero-order chi connectivity index (χ0) is 20.7. The van der Waals surface area contributed by atoms with E-state index in [1.54, 1.807) is 12.1 Å². The van der Waals surface area contributed by atoms with E-state index >= 15 is 0 Å². The molecular formula is C20H23Cl3O4S. The highest BCUT2D eigenvalue weighted by Crippen LogP contribution is 2.37. The number of rotatable bonds is 10. The van der Waals surface area contributed by atoms with Gasteiger partial charge in [0.2, 0.25) is 9.84 Å². The second-order valence-electron chi connectivity index (χ2n) is 6.41. The third-order valence-electron chi connectivity index (χ3n) is 4.17. The Morgan fingerprint density at radius 1 is 1.00 bits per heavy atom. The van der Waals surface area contributed by atoms with Gasteiger partial charge in [-0.2, -0.15) is 0 Å². The van der Waals surface area contributed by atoms with Gasteiger partial charge in [-0.25, -0.2) is 8.42 Å². The second kappa shape index (κ2) is 10.6. The van der Waals surface area contributed by atoms with Crippen molar-refractivity contribution in [3.8, 4) is 11.5 Å². The summed E-state index contributed by atoms with van der Waals surface area (Å²) in [5.74, 6) is 1.75. The summed E-state index contributed by atoms with van der Waals surface area (Å²) in [6, 6.07) is 8.98. The Bertz CT molecular complexity index is 860. The van der Waals surface area contributed by atoms with E-state index in [-0.39, 0.29) is 25.6 Å². The molecule has 0 fully saturated rings. The maximum Gasteiger partial charge on any atom is 0.206 e. The van der Waals surface area contributed by atoms with Gasteiger partial charge < -0.3 is 9.47 Å². The van der Waals surface area contributed by atoms with Crippen LogP contribution in [0.4, 0.5) is 0 Å². The smallest absolute Gasteiger partial charge is 0.206 e. The van der Waals surface area contributed by atoms with E-state index in [0.717, 1.165) is 6.42 Å². The number of halogens is 3. The van der Waals surface area contributed by atoms with Crippen molar-refractivity contribution in [3.63, 3.8) is 0 Å². The van der Waals surface area contributed by atoms with Crippen LogP contribution in [0.2, 0.25) is 10.0 Å². The van der Waals surface area contributed by atoms with Gasteiger partial charge >= 0.3 is 0 Å². The largest absolute Gasteiger partial charge is 0.493 e. The van der Waals surface area contributed by atoms with Gasteiger partial charge in [0.15, 0.2) is 5.75 Å². The second-order valence-corrected chi connectivity index (χ2v) is 9.55. The zero-order valence-corrected chi connectivity index (χ0v) is 18.8. The van der Waals surface area contributed by atoms with Crippen LogP contribution >= 0.6 is 34.8 Å². The average molecular weight is 466 g/mol. The first-order valence-corrected chi connectivity index (χ1v) is 11.7. The molecule has 0 saturated heterocycles. The van der Waals surface area contributed by atoms with E-state index in [1.165, 1.54) is 24.3 Å². The van der Waals surface area contributed by atoms with Crippen LogP contribution in [0.1, 0.15) is 26.7 Å². The minimum atomic E-state index is -3.78. The van der Waals surface area contributed by atoms with Gasteiger partial charge in [0.05, 0.1) is 33.0 Å². The molecule has 0 saturated carbocycles. The minimum absolute atomic E-state index is 0.000432.